The zero-order chi connectivity index (χ0) is 12.5. The van der Waals surface area contributed by atoms with Gasteiger partial charge >= 0.3 is 0 Å². The molecular formula is C12H18N2O3. The van der Waals surface area contributed by atoms with E-state index in [0.717, 1.165) is 19.3 Å². The lowest BCUT2D eigenvalue weighted by Crippen LogP contribution is -2.25. The van der Waals surface area contributed by atoms with Gasteiger partial charge in [0, 0.05) is 13.5 Å². The Kier molecular flexibility index (Phi) is 3.28. The van der Waals surface area contributed by atoms with Crippen molar-refractivity contribution in [1.82, 2.24) is 10.1 Å². The molecule has 1 saturated carbocycles. The summed E-state index contributed by atoms with van der Waals surface area (Å²) < 4.78 is 10.6. The number of carbonyl (C=O) groups excluding carboxylic acids is 1. The molecule has 1 fully saturated rings. The predicted molar refractivity (Wildman–Crippen MR) is 60.5 cm³/mol. The summed E-state index contributed by atoms with van der Waals surface area (Å²) in [4.78, 5) is 15.9. The lowest BCUT2D eigenvalue weighted by Gasteiger charge is -2.21. The fourth-order valence-corrected chi connectivity index (χ4v) is 2.06. The SMILES string of the molecule is CCC(C)(OC)c1noc(C2CCCC2=O)n1. The second kappa shape index (κ2) is 4.56. The van der Waals surface area contributed by atoms with Gasteiger partial charge in [0.1, 0.15) is 11.4 Å². The Bertz CT molecular complexity index is 410. The largest absolute Gasteiger partial charge is 0.370 e. The van der Waals surface area contributed by atoms with Gasteiger partial charge < -0.3 is 9.26 Å². The monoisotopic (exact) mass is 238 g/mol. The maximum absolute atomic E-state index is 11.6. The van der Waals surface area contributed by atoms with Gasteiger partial charge in [0.15, 0.2) is 0 Å². The lowest BCUT2D eigenvalue weighted by atomic mass is 10.0. The van der Waals surface area contributed by atoms with E-state index >= 15 is 0 Å². The van der Waals surface area contributed by atoms with Crippen molar-refractivity contribution in [3.63, 3.8) is 0 Å². The van der Waals surface area contributed by atoms with Crippen molar-refractivity contribution in [2.75, 3.05) is 7.11 Å². The highest BCUT2D eigenvalue weighted by Gasteiger charge is 2.35. The average Bonchev–Trinajstić information content (AvgIpc) is 2.96. The zero-order valence-electron chi connectivity index (χ0n) is 10.5. The Hall–Kier alpha value is -1.23. The van der Waals surface area contributed by atoms with Crippen LogP contribution >= 0.6 is 0 Å². The molecule has 0 saturated heterocycles. The Morgan fingerprint density at radius 2 is 2.35 bits per heavy atom. The molecule has 1 aliphatic carbocycles. The minimum atomic E-state index is -0.538. The molecule has 0 amide bonds. The Morgan fingerprint density at radius 3 is 2.88 bits per heavy atom. The summed E-state index contributed by atoms with van der Waals surface area (Å²) in [7, 11) is 1.63. The highest BCUT2D eigenvalue weighted by atomic mass is 16.5. The van der Waals surface area contributed by atoms with Crippen LogP contribution in [0.2, 0.25) is 0 Å². The molecule has 94 valence electrons. The molecule has 1 aliphatic rings. The van der Waals surface area contributed by atoms with Crippen LogP contribution in [0.5, 0.6) is 0 Å². The molecule has 0 aliphatic heterocycles. The molecule has 1 heterocycles. The summed E-state index contributed by atoms with van der Waals surface area (Å²) >= 11 is 0. The minimum Gasteiger partial charge on any atom is -0.370 e. The fourth-order valence-electron chi connectivity index (χ4n) is 2.06. The van der Waals surface area contributed by atoms with E-state index in [1.54, 1.807) is 7.11 Å². The summed E-state index contributed by atoms with van der Waals surface area (Å²) in [5.41, 5.74) is -0.538. The summed E-state index contributed by atoms with van der Waals surface area (Å²) in [6.07, 6.45) is 3.10. The van der Waals surface area contributed by atoms with Crippen molar-refractivity contribution in [3.05, 3.63) is 11.7 Å². The second-order valence-electron chi connectivity index (χ2n) is 4.66. The van der Waals surface area contributed by atoms with E-state index in [1.807, 2.05) is 13.8 Å². The molecule has 0 radical (unpaired) electrons. The maximum Gasteiger partial charge on any atom is 0.237 e. The standard InChI is InChI=1S/C12H18N2O3/c1-4-12(2,16-3)11-13-10(17-14-11)8-6-5-7-9(8)15/h8H,4-7H2,1-3H3. The first kappa shape index (κ1) is 12.2. The maximum atomic E-state index is 11.6. The first-order valence-electron chi connectivity index (χ1n) is 6.02. The average molecular weight is 238 g/mol. The van der Waals surface area contributed by atoms with Gasteiger partial charge in [-0.3, -0.25) is 4.79 Å². The Balaban J connectivity index is 2.24. The zero-order valence-corrected chi connectivity index (χ0v) is 10.5. The van der Waals surface area contributed by atoms with Crippen LogP contribution in [0.3, 0.4) is 0 Å². The molecule has 2 unspecified atom stereocenters. The molecule has 0 aromatic carbocycles. The second-order valence-corrected chi connectivity index (χ2v) is 4.66. The van der Waals surface area contributed by atoms with Crippen LogP contribution in [0.4, 0.5) is 0 Å². The highest BCUT2D eigenvalue weighted by molar-refractivity contribution is 5.86. The number of methoxy groups -OCH3 is 1. The number of hydrogen-bond donors (Lipinski definition) is 0. The Labute approximate surface area is 101 Å². The van der Waals surface area contributed by atoms with Crippen molar-refractivity contribution in [2.45, 2.75) is 51.0 Å². The first-order valence-corrected chi connectivity index (χ1v) is 6.02. The van der Waals surface area contributed by atoms with Crippen LogP contribution in [0.1, 0.15) is 57.2 Å². The topological polar surface area (TPSA) is 65.2 Å². The summed E-state index contributed by atoms with van der Waals surface area (Å²) in [6.45, 7) is 3.92. The van der Waals surface area contributed by atoms with Gasteiger partial charge in [-0.25, -0.2) is 0 Å². The number of Topliss-reactive ketones (excluding diaryl/α,β-unsaturated/α-hetero) is 1. The third-order valence-electron chi connectivity index (χ3n) is 3.64. The molecule has 2 atom stereocenters. The van der Waals surface area contributed by atoms with Crippen LogP contribution in [0.15, 0.2) is 4.52 Å². The van der Waals surface area contributed by atoms with Gasteiger partial charge in [-0.1, -0.05) is 12.1 Å². The van der Waals surface area contributed by atoms with Crippen LogP contribution in [0.25, 0.3) is 0 Å². The molecule has 5 heteroatoms. The van der Waals surface area contributed by atoms with Crippen LogP contribution in [-0.4, -0.2) is 23.0 Å². The van der Waals surface area contributed by atoms with Crippen LogP contribution in [0, 0.1) is 0 Å². The molecule has 0 spiro atoms. The minimum absolute atomic E-state index is 0.200. The molecule has 2 rings (SSSR count). The van der Waals surface area contributed by atoms with E-state index < -0.39 is 5.60 Å². The summed E-state index contributed by atoms with van der Waals surface area (Å²) in [6, 6.07) is 0. The molecule has 0 bridgehead atoms. The van der Waals surface area contributed by atoms with Gasteiger partial charge in [-0.05, 0) is 26.2 Å². The number of ketones is 1. The number of ether oxygens (including phenoxy) is 1. The number of carbonyl (C=O) groups is 1. The van der Waals surface area contributed by atoms with Crippen molar-refractivity contribution in [3.8, 4) is 0 Å². The van der Waals surface area contributed by atoms with Crippen molar-refractivity contribution in [1.29, 1.82) is 0 Å². The number of aromatic nitrogens is 2. The highest BCUT2D eigenvalue weighted by Crippen LogP contribution is 2.32. The van der Waals surface area contributed by atoms with Crippen LogP contribution < -0.4 is 0 Å². The van der Waals surface area contributed by atoms with E-state index in [4.69, 9.17) is 9.26 Å². The third kappa shape index (κ3) is 2.11. The molecule has 17 heavy (non-hydrogen) atoms. The van der Waals surface area contributed by atoms with Crippen molar-refractivity contribution >= 4 is 5.78 Å². The third-order valence-corrected chi connectivity index (χ3v) is 3.64. The summed E-state index contributed by atoms with van der Waals surface area (Å²) in [5.74, 6) is 0.974. The van der Waals surface area contributed by atoms with Gasteiger partial charge in [-0.2, -0.15) is 4.98 Å². The number of hydrogen-bond acceptors (Lipinski definition) is 5. The molecular weight excluding hydrogens is 220 g/mol. The fraction of sp³-hybridized carbons (Fsp3) is 0.750. The normalized spacial score (nSPS) is 23.9. The lowest BCUT2D eigenvalue weighted by molar-refractivity contribution is -0.119. The van der Waals surface area contributed by atoms with Crippen molar-refractivity contribution in [2.24, 2.45) is 0 Å². The Morgan fingerprint density at radius 1 is 1.59 bits per heavy atom. The molecule has 1 aromatic heterocycles. The summed E-state index contributed by atoms with van der Waals surface area (Å²) in [5, 5.41) is 3.95. The van der Waals surface area contributed by atoms with Gasteiger partial charge in [0.05, 0.1) is 5.92 Å². The van der Waals surface area contributed by atoms with Gasteiger partial charge in [-0.15, -0.1) is 0 Å². The van der Waals surface area contributed by atoms with E-state index in [2.05, 4.69) is 10.1 Å². The van der Waals surface area contributed by atoms with Crippen molar-refractivity contribution < 1.29 is 14.1 Å². The smallest absolute Gasteiger partial charge is 0.237 e. The number of nitrogens with zero attached hydrogens (tertiary/aromatic N) is 2. The van der Waals surface area contributed by atoms with Gasteiger partial charge in [0.2, 0.25) is 11.7 Å². The van der Waals surface area contributed by atoms with E-state index in [0.29, 0.717) is 18.1 Å². The van der Waals surface area contributed by atoms with Gasteiger partial charge in [0.25, 0.3) is 0 Å². The predicted octanol–water partition coefficient (Wildman–Crippen LogP) is 2.18. The van der Waals surface area contributed by atoms with E-state index in [9.17, 15) is 4.79 Å². The van der Waals surface area contributed by atoms with Crippen LogP contribution in [-0.2, 0) is 15.1 Å². The number of rotatable bonds is 4. The van der Waals surface area contributed by atoms with E-state index in [-0.39, 0.29) is 11.7 Å². The molecule has 1 aromatic rings. The first-order chi connectivity index (χ1) is 8.10. The molecule has 5 nitrogen and oxygen atoms in total. The van der Waals surface area contributed by atoms with E-state index in [1.165, 1.54) is 0 Å². The molecule has 0 N–H and O–H groups in total. The quantitative estimate of drug-likeness (QED) is 0.804.